The molecule has 0 aliphatic heterocycles. The van der Waals surface area contributed by atoms with Gasteiger partial charge in [-0.05, 0) is 37.1 Å². The number of fused-ring (bicyclic) bond motifs is 2. The molecule has 0 N–H and O–H groups in total. The molecular weight excluding hydrogens is 391 g/mol. The average molecular weight is 413 g/mol. The van der Waals surface area contributed by atoms with Gasteiger partial charge in [0.25, 0.3) is 0 Å². The van der Waals surface area contributed by atoms with Crippen molar-refractivity contribution in [3.63, 3.8) is 0 Å². The molecule has 0 radical (unpaired) electrons. The fourth-order valence-corrected chi connectivity index (χ4v) is 3.78. The molecule has 0 aliphatic rings. The van der Waals surface area contributed by atoms with Crippen molar-refractivity contribution in [2.45, 2.75) is 38.8 Å². The molecule has 4 aromatic rings. The Labute approximate surface area is 172 Å². The molecule has 0 fully saturated rings. The monoisotopic (exact) mass is 413 g/mol. The Morgan fingerprint density at radius 3 is 2.53 bits per heavy atom. The smallest absolute Gasteiger partial charge is 0.433 e. The molecule has 0 spiro atoms. The van der Waals surface area contributed by atoms with Crippen molar-refractivity contribution >= 4 is 21.9 Å². The number of furan rings is 1. The number of pyridine rings is 1. The van der Waals surface area contributed by atoms with Crippen molar-refractivity contribution in [1.82, 2.24) is 4.98 Å². The molecule has 4 rings (SSSR count). The van der Waals surface area contributed by atoms with Crippen LogP contribution in [0, 0.1) is 0 Å². The van der Waals surface area contributed by atoms with Crippen LogP contribution in [0.15, 0.2) is 52.9 Å². The van der Waals surface area contributed by atoms with Gasteiger partial charge in [0.1, 0.15) is 22.8 Å². The lowest BCUT2D eigenvalue weighted by atomic mass is 9.99. The third-order valence-electron chi connectivity index (χ3n) is 5.27. The molecule has 2 aromatic heterocycles. The van der Waals surface area contributed by atoms with E-state index in [0.29, 0.717) is 5.39 Å². The third kappa shape index (κ3) is 3.74. The van der Waals surface area contributed by atoms with Gasteiger partial charge >= 0.3 is 6.18 Å². The number of aryl methyl sites for hydroxylation is 1. The van der Waals surface area contributed by atoms with E-state index in [9.17, 15) is 13.2 Å². The standard InChI is InChI=1S/C24H22F3NO2/c1-3-4-5-9-17-16-8-6-7-10-20(16)30-23(17)15-11-12-19-18(13-15)21(29-2)14-22(28-19)24(25,26)27/h6-8,10-14H,3-5,9H2,1-2H3. The number of methoxy groups -OCH3 is 1. The number of halogens is 3. The van der Waals surface area contributed by atoms with Gasteiger partial charge in [-0.15, -0.1) is 0 Å². The second-order valence-electron chi connectivity index (χ2n) is 7.30. The summed E-state index contributed by atoms with van der Waals surface area (Å²) in [5.74, 6) is 0.883. The van der Waals surface area contributed by atoms with Gasteiger partial charge in [0.2, 0.25) is 0 Å². The fourth-order valence-electron chi connectivity index (χ4n) is 3.78. The van der Waals surface area contributed by atoms with E-state index < -0.39 is 11.9 Å². The van der Waals surface area contributed by atoms with Crippen molar-refractivity contribution in [3.05, 3.63) is 59.8 Å². The summed E-state index contributed by atoms with van der Waals surface area (Å²) < 4.78 is 50.9. The minimum atomic E-state index is -4.54. The first-order valence-corrected chi connectivity index (χ1v) is 9.99. The summed E-state index contributed by atoms with van der Waals surface area (Å²) in [7, 11) is 1.36. The topological polar surface area (TPSA) is 35.3 Å². The predicted octanol–water partition coefficient (Wildman–Crippen LogP) is 7.41. The molecule has 0 saturated carbocycles. The number of hydrogen-bond acceptors (Lipinski definition) is 3. The van der Waals surface area contributed by atoms with E-state index >= 15 is 0 Å². The minimum absolute atomic E-state index is 0.137. The van der Waals surface area contributed by atoms with Gasteiger partial charge < -0.3 is 9.15 Å². The van der Waals surface area contributed by atoms with E-state index in [-0.39, 0.29) is 11.3 Å². The van der Waals surface area contributed by atoms with Crippen LogP contribution in [0.4, 0.5) is 13.2 Å². The molecule has 2 heterocycles. The van der Waals surface area contributed by atoms with Crippen LogP contribution in [0.2, 0.25) is 0 Å². The second kappa shape index (κ2) is 8.01. The van der Waals surface area contributed by atoms with Crippen LogP contribution < -0.4 is 4.74 Å². The maximum absolute atomic E-state index is 13.2. The van der Waals surface area contributed by atoms with Gasteiger partial charge in [0.05, 0.1) is 12.6 Å². The third-order valence-corrected chi connectivity index (χ3v) is 5.27. The molecule has 0 amide bonds. The van der Waals surface area contributed by atoms with Gasteiger partial charge in [-0.25, -0.2) is 4.98 Å². The summed E-state index contributed by atoms with van der Waals surface area (Å²) in [5.41, 5.74) is 1.98. The molecular formula is C24H22F3NO2. The lowest BCUT2D eigenvalue weighted by molar-refractivity contribution is -0.141. The molecule has 0 saturated heterocycles. The summed E-state index contributed by atoms with van der Waals surface area (Å²) in [6, 6.07) is 14.0. The number of ether oxygens (including phenoxy) is 1. The zero-order valence-electron chi connectivity index (χ0n) is 16.8. The van der Waals surface area contributed by atoms with E-state index in [1.807, 2.05) is 24.3 Å². The Bertz CT molecular complexity index is 1190. The van der Waals surface area contributed by atoms with E-state index in [1.165, 1.54) is 7.11 Å². The number of alkyl halides is 3. The fraction of sp³-hybridized carbons (Fsp3) is 0.292. The normalized spacial score (nSPS) is 12.0. The summed E-state index contributed by atoms with van der Waals surface area (Å²) in [6.45, 7) is 2.16. The van der Waals surface area contributed by atoms with Crippen LogP contribution in [0.5, 0.6) is 5.75 Å². The van der Waals surface area contributed by atoms with E-state index in [2.05, 4.69) is 11.9 Å². The zero-order valence-corrected chi connectivity index (χ0v) is 16.8. The zero-order chi connectivity index (χ0) is 21.3. The van der Waals surface area contributed by atoms with Crippen LogP contribution in [-0.2, 0) is 12.6 Å². The van der Waals surface area contributed by atoms with Crippen molar-refractivity contribution in [3.8, 4) is 17.1 Å². The number of hydrogen-bond donors (Lipinski definition) is 0. The Hall–Kier alpha value is -3.02. The number of para-hydroxylation sites is 1. The molecule has 156 valence electrons. The highest BCUT2D eigenvalue weighted by Crippen LogP contribution is 2.39. The van der Waals surface area contributed by atoms with E-state index in [1.54, 1.807) is 18.2 Å². The molecule has 30 heavy (non-hydrogen) atoms. The molecule has 2 aromatic carbocycles. The summed E-state index contributed by atoms with van der Waals surface area (Å²) >= 11 is 0. The first-order valence-electron chi connectivity index (χ1n) is 9.99. The van der Waals surface area contributed by atoms with Crippen LogP contribution >= 0.6 is 0 Å². The molecule has 0 atom stereocenters. The van der Waals surface area contributed by atoms with Crippen LogP contribution in [0.3, 0.4) is 0 Å². The summed E-state index contributed by atoms with van der Waals surface area (Å²) in [6.07, 6.45) is -0.382. The van der Waals surface area contributed by atoms with Crippen LogP contribution in [0.1, 0.15) is 37.4 Å². The maximum Gasteiger partial charge on any atom is 0.433 e. The number of rotatable bonds is 6. The minimum Gasteiger partial charge on any atom is -0.496 e. The molecule has 3 nitrogen and oxygen atoms in total. The van der Waals surface area contributed by atoms with E-state index in [4.69, 9.17) is 9.15 Å². The van der Waals surface area contributed by atoms with Crippen molar-refractivity contribution in [2.24, 2.45) is 0 Å². The number of benzene rings is 2. The van der Waals surface area contributed by atoms with Gasteiger partial charge in [-0.3, -0.25) is 0 Å². The van der Waals surface area contributed by atoms with Crippen molar-refractivity contribution < 1.29 is 22.3 Å². The number of unbranched alkanes of at least 4 members (excludes halogenated alkanes) is 2. The first kappa shape index (κ1) is 20.3. The van der Waals surface area contributed by atoms with Gasteiger partial charge in [0.15, 0.2) is 0 Å². The van der Waals surface area contributed by atoms with Gasteiger partial charge in [-0.1, -0.05) is 38.0 Å². The molecule has 0 aliphatic carbocycles. The van der Waals surface area contributed by atoms with Crippen molar-refractivity contribution in [1.29, 1.82) is 0 Å². The highest BCUT2D eigenvalue weighted by molar-refractivity contribution is 5.93. The quantitative estimate of drug-likeness (QED) is 0.309. The predicted molar refractivity (Wildman–Crippen MR) is 112 cm³/mol. The van der Waals surface area contributed by atoms with Gasteiger partial charge in [-0.2, -0.15) is 13.2 Å². The Morgan fingerprint density at radius 2 is 1.80 bits per heavy atom. The lowest BCUT2D eigenvalue weighted by Gasteiger charge is -2.12. The van der Waals surface area contributed by atoms with Crippen LogP contribution in [-0.4, -0.2) is 12.1 Å². The largest absolute Gasteiger partial charge is 0.496 e. The highest BCUT2D eigenvalue weighted by Gasteiger charge is 2.33. The number of aromatic nitrogens is 1. The highest BCUT2D eigenvalue weighted by atomic mass is 19.4. The van der Waals surface area contributed by atoms with Crippen LogP contribution in [0.25, 0.3) is 33.2 Å². The average Bonchev–Trinajstić information content (AvgIpc) is 3.11. The Kier molecular flexibility index (Phi) is 5.41. The lowest BCUT2D eigenvalue weighted by Crippen LogP contribution is -2.08. The Morgan fingerprint density at radius 1 is 1.00 bits per heavy atom. The maximum atomic E-state index is 13.2. The van der Waals surface area contributed by atoms with Gasteiger partial charge in [0, 0.05) is 28.0 Å². The van der Waals surface area contributed by atoms with E-state index in [0.717, 1.165) is 59.6 Å². The number of nitrogens with zero attached hydrogens (tertiary/aromatic N) is 1. The first-order chi connectivity index (χ1) is 14.4. The second-order valence-corrected chi connectivity index (χ2v) is 7.30. The molecule has 6 heteroatoms. The summed E-state index contributed by atoms with van der Waals surface area (Å²) in [4.78, 5) is 3.78. The SMILES string of the molecule is CCCCCc1c(-c2ccc3nc(C(F)(F)F)cc(OC)c3c2)oc2ccccc12. The molecule has 0 unspecified atom stereocenters. The molecule has 0 bridgehead atoms. The van der Waals surface area contributed by atoms with Crippen molar-refractivity contribution in [2.75, 3.05) is 7.11 Å². The summed E-state index contributed by atoms with van der Waals surface area (Å²) in [5, 5.41) is 1.59. The Balaban J connectivity index is 1.87.